The fourth-order valence-electron chi connectivity index (χ4n) is 3.10. The van der Waals surface area contributed by atoms with Crippen LogP contribution in [0.5, 0.6) is 0 Å². The number of hydrogen-bond acceptors (Lipinski definition) is 3. The molecule has 0 spiro atoms. The van der Waals surface area contributed by atoms with Gasteiger partial charge in [0, 0.05) is 23.3 Å². The van der Waals surface area contributed by atoms with Crippen LogP contribution in [-0.4, -0.2) is 29.5 Å². The van der Waals surface area contributed by atoms with Crippen LogP contribution in [-0.2, 0) is 4.79 Å². The van der Waals surface area contributed by atoms with Crippen molar-refractivity contribution in [2.24, 2.45) is 11.7 Å². The van der Waals surface area contributed by atoms with Crippen LogP contribution in [0.4, 0.5) is 0 Å². The summed E-state index contributed by atoms with van der Waals surface area (Å²) < 4.78 is 0. The number of hydrogen-bond donors (Lipinski definition) is 2. The standard InChI is InChI=1S/C13H24N2OS/c1-17-12-5-3-2-4-11(12)15-13(16)9-6-7-10(14)8-9/h9-12H,2-8,14H2,1H3,(H,15,16). The van der Waals surface area contributed by atoms with Gasteiger partial charge in [-0.3, -0.25) is 4.79 Å². The lowest BCUT2D eigenvalue weighted by atomic mass is 9.94. The van der Waals surface area contributed by atoms with Gasteiger partial charge in [0.25, 0.3) is 0 Å². The van der Waals surface area contributed by atoms with Crippen LogP contribution in [0, 0.1) is 5.92 Å². The highest BCUT2D eigenvalue weighted by Crippen LogP contribution is 2.29. The summed E-state index contributed by atoms with van der Waals surface area (Å²) in [5, 5.41) is 3.88. The maximum atomic E-state index is 12.1. The molecule has 98 valence electrons. The fourth-order valence-corrected chi connectivity index (χ4v) is 4.03. The Morgan fingerprint density at radius 2 is 2.00 bits per heavy atom. The molecule has 2 saturated carbocycles. The van der Waals surface area contributed by atoms with Gasteiger partial charge in [0.05, 0.1) is 0 Å². The predicted molar refractivity (Wildman–Crippen MR) is 73.0 cm³/mol. The van der Waals surface area contributed by atoms with Gasteiger partial charge in [-0.25, -0.2) is 0 Å². The zero-order valence-corrected chi connectivity index (χ0v) is 11.5. The molecule has 0 aliphatic heterocycles. The van der Waals surface area contributed by atoms with E-state index in [1.54, 1.807) is 0 Å². The first-order valence-electron chi connectivity index (χ1n) is 6.79. The molecular weight excluding hydrogens is 232 g/mol. The first-order valence-corrected chi connectivity index (χ1v) is 8.08. The van der Waals surface area contributed by atoms with Crippen LogP contribution in [0.1, 0.15) is 44.9 Å². The number of thioether (sulfide) groups is 1. The number of rotatable bonds is 3. The highest BCUT2D eigenvalue weighted by Gasteiger charge is 2.31. The van der Waals surface area contributed by atoms with Gasteiger partial charge < -0.3 is 11.1 Å². The van der Waals surface area contributed by atoms with Crippen molar-refractivity contribution in [2.75, 3.05) is 6.26 Å². The minimum Gasteiger partial charge on any atom is -0.352 e. The number of nitrogens with two attached hydrogens (primary N) is 1. The molecule has 17 heavy (non-hydrogen) atoms. The molecule has 2 aliphatic rings. The van der Waals surface area contributed by atoms with Crippen molar-refractivity contribution in [3.05, 3.63) is 0 Å². The van der Waals surface area contributed by atoms with Crippen LogP contribution in [0.2, 0.25) is 0 Å². The summed E-state index contributed by atoms with van der Waals surface area (Å²) in [7, 11) is 0. The molecule has 4 atom stereocenters. The molecule has 4 heteroatoms. The van der Waals surface area contributed by atoms with E-state index >= 15 is 0 Å². The van der Waals surface area contributed by atoms with E-state index in [2.05, 4.69) is 11.6 Å². The molecule has 4 unspecified atom stereocenters. The van der Waals surface area contributed by atoms with Crippen LogP contribution in [0.3, 0.4) is 0 Å². The van der Waals surface area contributed by atoms with Crippen LogP contribution in [0.15, 0.2) is 0 Å². The van der Waals surface area contributed by atoms with E-state index in [1.807, 2.05) is 11.8 Å². The second-order valence-electron chi connectivity index (χ2n) is 5.44. The maximum Gasteiger partial charge on any atom is 0.223 e. The second-order valence-corrected chi connectivity index (χ2v) is 6.52. The molecule has 2 fully saturated rings. The third-order valence-electron chi connectivity index (χ3n) is 4.18. The van der Waals surface area contributed by atoms with E-state index in [9.17, 15) is 4.79 Å². The minimum absolute atomic E-state index is 0.175. The van der Waals surface area contributed by atoms with E-state index in [-0.39, 0.29) is 17.9 Å². The van der Waals surface area contributed by atoms with Crippen molar-refractivity contribution < 1.29 is 4.79 Å². The molecular formula is C13H24N2OS. The third kappa shape index (κ3) is 3.38. The monoisotopic (exact) mass is 256 g/mol. The van der Waals surface area contributed by atoms with Crippen molar-refractivity contribution in [3.63, 3.8) is 0 Å². The highest BCUT2D eigenvalue weighted by atomic mass is 32.2. The van der Waals surface area contributed by atoms with Gasteiger partial charge in [-0.2, -0.15) is 11.8 Å². The van der Waals surface area contributed by atoms with Crippen molar-refractivity contribution in [2.45, 2.75) is 62.3 Å². The molecule has 3 nitrogen and oxygen atoms in total. The Bertz CT molecular complexity index is 272. The summed E-state index contributed by atoms with van der Waals surface area (Å²) in [5.41, 5.74) is 5.87. The Morgan fingerprint density at radius 3 is 2.65 bits per heavy atom. The first-order chi connectivity index (χ1) is 8.20. The lowest BCUT2D eigenvalue weighted by Gasteiger charge is -2.31. The molecule has 3 N–H and O–H groups in total. The van der Waals surface area contributed by atoms with Gasteiger partial charge in [0.15, 0.2) is 0 Å². The lowest BCUT2D eigenvalue weighted by molar-refractivity contribution is -0.125. The molecule has 1 amide bonds. The van der Waals surface area contributed by atoms with Gasteiger partial charge in [-0.15, -0.1) is 0 Å². The fraction of sp³-hybridized carbons (Fsp3) is 0.923. The van der Waals surface area contributed by atoms with Crippen LogP contribution in [0.25, 0.3) is 0 Å². The predicted octanol–water partition coefficient (Wildman–Crippen LogP) is 1.90. The van der Waals surface area contributed by atoms with E-state index in [0.717, 1.165) is 25.7 Å². The average Bonchev–Trinajstić information content (AvgIpc) is 2.77. The Balaban J connectivity index is 1.84. The summed E-state index contributed by atoms with van der Waals surface area (Å²) in [6, 6.07) is 0.636. The van der Waals surface area contributed by atoms with E-state index in [4.69, 9.17) is 5.73 Å². The normalized spacial score (nSPS) is 38.0. The second kappa shape index (κ2) is 6.10. The average molecular weight is 256 g/mol. The van der Waals surface area contributed by atoms with Gasteiger partial charge >= 0.3 is 0 Å². The lowest BCUT2D eigenvalue weighted by Crippen LogP contribution is -2.45. The molecule has 0 aromatic rings. The molecule has 0 saturated heterocycles. The highest BCUT2D eigenvalue weighted by molar-refractivity contribution is 7.99. The van der Waals surface area contributed by atoms with E-state index in [1.165, 1.54) is 19.3 Å². The zero-order chi connectivity index (χ0) is 12.3. The number of carbonyl (C=O) groups excluding carboxylic acids is 1. The molecule has 0 aromatic carbocycles. The zero-order valence-electron chi connectivity index (χ0n) is 10.7. The molecule has 0 radical (unpaired) electrons. The smallest absolute Gasteiger partial charge is 0.223 e. The van der Waals surface area contributed by atoms with E-state index < -0.39 is 0 Å². The molecule has 2 rings (SSSR count). The van der Waals surface area contributed by atoms with Crippen molar-refractivity contribution in [3.8, 4) is 0 Å². The Labute approximate surface area is 108 Å². The number of amides is 1. The Kier molecular flexibility index (Phi) is 4.74. The van der Waals surface area contributed by atoms with Crippen molar-refractivity contribution in [1.29, 1.82) is 0 Å². The SMILES string of the molecule is CSC1CCCCC1NC(=O)C1CCC(N)C1. The van der Waals surface area contributed by atoms with Gasteiger partial charge in [0.1, 0.15) is 0 Å². The summed E-state index contributed by atoms with van der Waals surface area (Å²) in [6.45, 7) is 0. The Morgan fingerprint density at radius 1 is 1.24 bits per heavy atom. The van der Waals surface area contributed by atoms with E-state index in [0.29, 0.717) is 11.3 Å². The van der Waals surface area contributed by atoms with Crippen molar-refractivity contribution in [1.82, 2.24) is 5.32 Å². The number of nitrogens with one attached hydrogen (secondary N) is 1. The summed E-state index contributed by atoms with van der Waals surface area (Å²) in [5.74, 6) is 0.429. The summed E-state index contributed by atoms with van der Waals surface area (Å²) in [6.07, 6.45) is 9.98. The minimum atomic E-state index is 0.175. The summed E-state index contributed by atoms with van der Waals surface area (Å²) in [4.78, 5) is 12.1. The molecule has 2 aliphatic carbocycles. The van der Waals surface area contributed by atoms with Gasteiger partial charge in [-0.1, -0.05) is 12.8 Å². The first kappa shape index (κ1) is 13.2. The molecule has 0 aromatic heterocycles. The Hall–Kier alpha value is -0.220. The van der Waals surface area contributed by atoms with Gasteiger partial charge in [-0.05, 0) is 38.4 Å². The summed E-state index contributed by atoms with van der Waals surface area (Å²) >= 11 is 1.90. The van der Waals surface area contributed by atoms with Crippen LogP contribution < -0.4 is 11.1 Å². The largest absolute Gasteiger partial charge is 0.352 e. The maximum absolute atomic E-state index is 12.1. The quantitative estimate of drug-likeness (QED) is 0.811. The number of carbonyl (C=O) groups is 1. The van der Waals surface area contributed by atoms with Crippen LogP contribution >= 0.6 is 11.8 Å². The molecule has 0 bridgehead atoms. The topological polar surface area (TPSA) is 55.1 Å². The van der Waals surface area contributed by atoms with Crippen molar-refractivity contribution >= 4 is 17.7 Å². The molecule has 0 heterocycles. The van der Waals surface area contributed by atoms with Gasteiger partial charge in [0.2, 0.25) is 5.91 Å². The third-order valence-corrected chi connectivity index (χ3v) is 5.35.